The van der Waals surface area contributed by atoms with Gasteiger partial charge in [-0.05, 0) is 19.3 Å². The molecule has 0 saturated heterocycles. The summed E-state index contributed by atoms with van der Waals surface area (Å²) in [5, 5.41) is 7.15. The minimum Gasteiger partial charge on any atom is -0.345 e. The fourth-order valence-corrected chi connectivity index (χ4v) is 3.44. The molecule has 1 saturated carbocycles. The Morgan fingerprint density at radius 1 is 1.22 bits per heavy atom. The Kier molecular flexibility index (Phi) is 5.83. The highest BCUT2D eigenvalue weighted by Crippen LogP contribution is 2.32. The largest absolute Gasteiger partial charge is 0.345 e. The van der Waals surface area contributed by atoms with Crippen LogP contribution < -0.4 is 5.32 Å². The van der Waals surface area contributed by atoms with Gasteiger partial charge in [-0.2, -0.15) is 5.10 Å². The molecule has 27 heavy (non-hydrogen) atoms. The van der Waals surface area contributed by atoms with E-state index in [1.54, 1.807) is 37.4 Å². The molecule has 2 aromatic rings. The van der Waals surface area contributed by atoms with Crippen LogP contribution in [0.4, 0.5) is 5.82 Å². The Balaban J connectivity index is 1.80. The van der Waals surface area contributed by atoms with Gasteiger partial charge in [0.25, 0.3) is 5.91 Å². The number of hydrogen-bond donors (Lipinski definition) is 1. The Morgan fingerprint density at radius 3 is 2.59 bits per heavy atom. The van der Waals surface area contributed by atoms with Crippen LogP contribution in [0.1, 0.15) is 54.2 Å². The van der Waals surface area contributed by atoms with Crippen LogP contribution in [0.3, 0.4) is 0 Å². The standard InChI is InChI=1S/C19H26N6O2/c1-13-9-21-17(11-20-13)23-18(26)16(8-14-6-4-5-7-14)25-12-15(10-22-25)19(27)24(2)3/h9-12,14,16H,4-8H2,1-3H3,(H,21,23,26)/t16-/m0/s1. The Hall–Kier alpha value is -2.77. The van der Waals surface area contributed by atoms with Crippen molar-refractivity contribution in [1.82, 2.24) is 24.6 Å². The zero-order chi connectivity index (χ0) is 19.4. The predicted molar refractivity (Wildman–Crippen MR) is 101 cm³/mol. The van der Waals surface area contributed by atoms with Crippen molar-refractivity contribution in [2.24, 2.45) is 5.92 Å². The molecule has 0 unspecified atom stereocenters. The SMILES string of the molecule is Cc1cnc(NC(=O)[C@H](CC2CCCC2)n2cc(C(=O)N(C)C)cn2)cn1. The van der Waals surface area contributed by atoms with Crippen molar-refractivity contribution in [2.75, 3.05) is 19.4 Å². The van der Waals surface area contributed by atoms with Crippen LogP contribution in [0.5, 0.6) is 0 Å². The molecular weight excluding hydrogens is 344 g/mol. The molecule has 0 radical (unpaired) electrons. The van der Waals surface area contributed by atoms with E-state index in [1.807, 2.05) is 6.92 Å². The summed E-state index contributed by atoms with van der Waals surface area (Å²) in [6.45, 7) is 1.84. The molecule has 144 valence electrons. The number of amides is 2. The second kappa shape index (κ2) is 8.28. The summed E-state index contributed by atoms with van der Waals surface area (Å²) in [5.74, 6) is 0.582. The zero-order valence-electron chi connectivity index (χ0n) is 16.1. The highest BCUT2D eigenvalue weighted by atomic mass is 16.2. The lowest BCUT2D eigenvalue weighted by molar-refractivity contribution is -0.120. The highest BCUT2D eigenvalue weighted by Gasteiger charge is 2.28. The molecule has 8 nitrogen and oxygen atoms in total. The summed E-state index contributed by atoms with van der Waals surface area (Å²) in [7, 11) is 3.39. The fourth-order valence-electron chi connectivity index (χ4n) is 3.44. The number of aryl methyl sites for hydroxylation is 1. The number of aromatic nitrogens is 4. The van der Waals surface area contributed by atoms with Gasteiger partial charge in [-0.25, -0.2) is 4.98 Å². The number of nitrogens with one attached hydrogen (secondary N) is 1. The molecule has 1 aliphatic rings. The zero-order valence-corrected chi connectivity index (χ0v) is 16.1. The Labute approximate surface area is 159 Å². The Morgan fingerprint density at radius 2 is 1.96 bits per heavy atom. The number of nitrogens with zero attached hydrogens (tertiary/aromatic N) is 5. The summed E-state index contributed by atoms with van der Waals surface area (Å²) in [6.07, 6.45) is 11.7. The van der Waals surface area contributed by atoms with E-state index in [9.17, 15) is 9.59 Å². The maximum Gasteiger partial charge on any atom is 0.256 e. The number of hydrogen-bond acceptors (Lipinski definition) is 5. The summed E-state index contributed by atoms with van der Waals surface area (Å²) in [4.78, 5) is 35.0. The van der Waals surface area contributed by atoms with E-state index in [-0.39, 0.29) is 11.8 Å². The third kappa shape index (κ3) is 4.69. The van der Waals surface area contributed by atoms with Crippen molar-refractivity contribution in [1.29, 1.82) is 0 Å². The fraction of sp³-hybridized carbons (Fsp3) is 0.526. The minimum absolute atomic E-state index is 0.134. The van der Waals surface area contributed by atoms with E-state index >= 15 is 0 Å². The van der Waals surface area contributed by atoms with Gasteiger partial charge >= 0.3 is 0 Å². The maximum absolute atomic E-state index is 13.0. The van der Waals surface area contributed by atoms with Crippen LogP contribution in [0, 0.1) is 12.8 Å². The van der Waals surface area contributed by atoms with Crippen molar-refractivity contribution >= 4 is 17.6 Å². The summed E-state index contributed by atoms with van der Waals surface area (Å²) in [5.41, 5.74) is 1.26. The predicted octanol–water partition coefficient (Wildman–Crippen LogP) is 2.44. The third-order valence-electron chi connectivity index (χ3n) is 4.94. The van der Waals surface area contributed by atoms with Gasteiger partial charge in [-0.15, -0.1) is 0 Å². The van der Waals surface area contributed by atoms with Gasteiger partial charge in [0.05, 0.1) is 29.8 Å². The molecule has 1 N–H and O–H groups in total. The summed E-state index contributed by atoms with van der Waals surface area (Å²) >= 11 is 0. The van der Waals surface area contributed by atoms with Crippen LogP contribution >= 0.6 is 0 Å². The normalized spacial score (nSPS) is 15.5. The second-order valence-electron chi connectivity index (χ2n) is 7.34. The van der Waals surface area contributed by atoms with E-state index in [1.165, 1.54) is 23.9 Å². The molecule has 0 aliphatic heterocycles. The summed E-state index contributed by atoms with van der Waals surface area (Å²) < 4.78 is 1.60. The van der Waals surface area contributed by atoms with E-state index in [0.717, 1.165) is 18.5 Å². The van der Waals surface area contributed by atoms with Crippen LogP contribution in [-0.4, -0.2) is 50.6 Å². The monoisotopic (exact) mass is 370 g/mol. The van der Waals surface area contributed by atoms with Crippen LogP contribution in [0.2, 0.25) is 0 Å². The molecule has 3 rings (SSSR count). The third-order valence-corrected chi connectivity index (χ3v) is 4.94. The number of carbonyl (C=O) groups is 2. The first kappa shape index (κ1) is 19.0. The lowest BCUT2D eigenvalue weighted by Gasteiger charge is -2.20. The topological polar surface area (TPSA) is 93.0 Å². The molecule has 8 heteroatoms. The average Bonchev–Trinajstić information content (AvgIpc) is 3.32. The number of anilines is 1. The molecule has 2 aromatic heterocycles. The van der Waals surface area contributed by atoms with Gasteiger partial charge in [0.15, 0.2) is 5.82 Å². The van der Waals surface area contributed by atoms with Crippen LogP contribution in [0.25, 0.3) is 0 Å². The highest BCUT2D eigenvalue weighted by molar-refractivity contribution is 5.94. The van der Waals surface area contributed by atoms with Gasteiger partial charge < -0.3 is 10.2 Å². The van der Waals surface area contributed by atoms with Gasteiger partial charge in [0, 0.05) is 20.3 Å². The van der Waals surface area contributed by atoms with Crippen molar-refractivity contribution in [3.8, 4) is 0 Å². The average molecular weight is 370 g/mol. The number of carbonyl (C=O) groups excluding carboxylic acids is 2. The molecule has 0 spiro atoms. The lowest BCUT2D eigenvalue weighted by atomic mass is 9.98. The van der Waals surface area contributed by atoms with E-state index in [4.69, 9.17) is 0 Å². The first-order valence-corrected chi connectivity index (χ1v) is 9.29. The van der Waals surface area contributed by atoms with Crippen molar-refractivity contribution in [3.05, 3.63) is 36.0 Å². The van der Waals surface area contributed by atoms with E-state index in [2.05, 4.69) is 20.4 Å². The first-order valence-electron chi connectivity index (χ1n) is 9.29. The van der Waals surface area contributed by atoms with Crippen LogP contribution in [-0.2, 0) is 4.79 Å². The molecule has 2 heterocycles. The first-order chi connectivity index (χ1) is 12.9. The van der Waals surface area contributed by atoms with Gasteiger partial charge in [0.2, 0.25) is 5.91 Å². The molecule has 0 aromatic carbocycles. The molecular formula is C19H26N6O2. The summed E-state index contributed by atoms with van der Waals surface area (Å²) in [6, 6.07) is -0.486. The van der Waals surface area contributed by atoms with E-state index < -0.39 is 6.04 Å². The molecule has 1 fully saturated rings. The Bertz CT molecular complexity index is 793. The quantitative estimate of drug-likeness (QED) is 0.843. The second-order valence-corrected chi connectivity index (χ2v) is 7.34. The van der Waals surface area contributed by atoms with Gasteiger partial charge in [-0.3, -0.25) is 19.3 Å². The minimum atomic E-state index is -0.486. The van der Waals surface area contributed by atoms with Crippen molar-refractivity contribution in [3.63, 3.8) is 0 Å². The van der Waals surface area contributed by atoms with Crippen molar-refractivity contribution in [2.45, 2.75) is 45.1 Å². The van der Waals surface area contributed by atoms with E-state index in [0.29, 0.717) is 23.7 Å². The lowest BCUT2D eigenvalue weighted by Crippen LogP contribution is -2.28. The molecule has 1 atom stereocenters. The van der Waals surface area contributed by atoms with Crippen LogP contribution in [0.15, 0.2) is 24.8 Å². The van der Waals surface area contributed by atoms with Gasteiger partial charge in [0.1, 0.15) is 6.04 Å². The smallest absolute Gasteiger partial charge is 0.256 e. The molecule has 0 bridgehead atoms. The maximum atomic E-state index is 13.0. The van der Waals surface area contributed by atoms with Crippen molar-refractivity contribution < 1.29 is 9.59 Å². The molecule has 2 amide bonds. The van der Waals surface area contributed by atoms with Gasteiger partial charge in [-0.1, -0.05) is 25.7 Å². The number of rotatable bonds is 6. The molecule has 1 aliphatic carbocycles.